The predicted molar refractivity (Wildman–Crippen MR) is 98.2 cm³/mol. The lowest BCUT2D eigenvalue weighted by molar-refractivity contribution is -0.118. The zero-order valence-corrected chi connectivity index (χ0v) is 15.8. The topological polar surface area (TPSA) is 75.3 Å². The Kier molecular flexibility index (Phi) is 6.15. The van der Waals surface area contributed by atoms with E-state index in [0.717, 1.165) is 4.47 Å². The fourth-order valence-electron chi connectivity index (χ4n) is 2.08. The average molecular weight is 411 g/mol. The maximum Gasteiger partial charge on any atom is 0.242 e. The van der Waals surface area contributed by atoms with E-state index in [1.807, 2.05) is 0 Å². The molecule has 0 fully saturated rings. The van der Waals surface area contributed by atoms with E-state index in [2.05, 4.69) is 26.0 Å². The predicted octanol–water partition coefficient (Wildman–Crippen LogP) is 3.39. The first-order valence-corrected chi connectivity index (χ1v) is 9.71. The van der Waals surface area contributed by atoms with Gasteiger partial charge in [0.25, 0.3) is 0 Å². The summed E-state index contributed by atoms with van der Waals surface area (Å²) in [7, 11) is -3.77. The number of amides is 1. The van der Waals surface area contributed by atoms with E-state index < -0.39 is 22.0 Å². The smallest absolute Gasteiger partial charge is 0.242 e. The van der Waals surface area contributed by atoms with Crippen molar-refractivity contribution >= 4 is 37.5 Å². The minimum atomic E-state index is -3.77. The zero-order chi connectivity index (χ0) is 17.7. The molecule has 0 radical (unpaired) electrons. The van der Waals surface area contributed by atoms with Crippen LogP contribution in [0, 0.1) is 5.92 Å². The Labute approximate surface area is 150 Å². The summed E-state index contributed by atoms with van der Waals surface area (Å²) in [5.41, 5.74) is 0.604. The lowest BCUT2D eigenvalue weighted by atomic mass is 10.0. The highest BCUT2D eigenvalue weighted by atomic mass is 79.9. The molecule has 1 atom stereocenters. The highest BCUT2D eigenvalue weighted by Crippen LogP contribution is 2.16. The number of hydrogen-bond acceptors (Lipinski definition) is 3. The van der Waals surface area contributed by atoms with E-state index in [4.69, 9.17) is 0 Å². The van der Waals surface area contributed by atoms with Crippen molar-refractivity contribution in [2.75, 3.05) is 5.32 Å². The molecule has 0 aromatic heterocycles. The molecule has 0 spiro atoms. The molecule has 0 heterocycles. The van der Waals surface area contributed by atoms with Gasteiger partial charge < -0.3 is 5.32 Å². The fraction of sp³-hybridized carbons (Fsp3) is 0.235. The summed E-state index contributed by atoms with van der Waals surface area (Å²) in [6.45, 7) is 3.58. The minimum absolute atomic E-state index is 0.132. The molecule has 5 nitrogen and oxygen atoms in total. The van der Waals surface area contributed by atoms with Gasteiger partial charge >= 0.3 is 0 Å². The molecule has 0 aliphatic carbocycles. The van der Waals surface area contributed by atoms with Crippen molar-refractivity contribution < 1.29 is 13.2 Å². The largest absolute Gasteiger partial charge is 0.325 e. The van der Waals surface area contributed by atoms with Gasteiger partial charge in [0.15, 0.2) is 0 Å². The third-order valence-corrected chi connectivity index (χ3v) is 5.38. The normalized spacial score (nSPS) is 12.8. The summed E-state index contributed by atoms with van der Waals surface area (Å²) in [5, 5.41) is 2.74. The minimum Gasteiger partial charge on any atom is -0.325 e. The first-order chi connectivity index (χ1) is 11.3. The molecule has 2 rings (SSSR count). The van der Waals surface area contributed by atoms with Crippen LogP contribution in [0.3, 0.4) is 0 Å². The summed E-state index contributed by atoms with van der Waals surface area (Å²) in [6, 6.07) is 14.2. The third kappa shape index (κ3) is 4.90. The molecule has 2 aromatic carbocycles. The second-order valence-corrected chi connectivity index (χ2v) is 8.28. The summed E-state index contributed by atoms with van der Waals surface area (Å²) >= 11 is 3.33. The van der Waals surface area contributed by atoms with Gasteiger partial charge in [0.2, 0.25) is 15.9 Å². The van der Waals surface area contributed by atoms with E-state index in [1.54, 1.807) is 56.3 Å². The molecule has 128 valence electrons. The molecule has 0 aliphatic rings. The van der Waals surface area contributed by atoms with Crippen molar-refractivity contribution in [3.8, 4) is 0 Å². The van der Waals surface area contributed by atoms with Gasteiger partial charge in [0.05, 0.1) is 4.90 Å². The van der Waals surface area contributed by atoms with Gasteiger partial charge in [-0.1, -0.05) is 48.0 Å². The molecule has 0 bridgehead atoms. The zero-order valence-electron chi connectivity index (χ0n) is 13.4. The van der Waals surface area contributed by atoms with Crippen LogP contribution in [-0.4, -0.2) is 20.4 Å². The van der Waals surface area contributed by atoms with E-state index in [9.17, 15) is 13.2 Å². The summed E-state index contributed by atoms with van der Waals surface area (Å²) in [5.74, 6) is -0.606. The maximum atomic E-state index is 12.5. The van der Waals surface area contributed by atoms with Gasteiger partial charge in [-0.2, -0.15) is 4.72 Å². The van der Waals surface area contributed by atoms with Crippen LogP contribution >= 0.6 is 15.9 Å². The van der Waals surface area contributed by atoms with Crippen molar-refractivity contribution in [3.05, 3.63) is 59.1 Å². The second kappa shape index (κ2) is 7.92. The number of carbonyl (C=O) groups excluding carboxylic acids is 1. The number of nitrogens with one attached hydrogen (secondary N) is 2. The highest BCUT2D eigenvalue weighted by Gasteiger charge is 2.28. The van der Waals surface area contributed by atoms with Gasteiger partial charge in [0, 0.05) is 10.2 Å². The standard InChI is InChI=1S/C17H19BrN2O3S/c1-12(2)16(17(21)19-14-10-8-13(18)9-11-14)20-24(22,23)15-6-4-3-5-7-15/h3-12,16,20H,1-2H3,(H,19,21)/t16-/m0/s1. The van der Waals surface area contributed by atoms with Crippen LogP contribution in [0.1, 0.15) is 13.8 Å². The molecule has 24 heavy (non-hydrogen) atoms. The van der Waals surface area contributed by atoms with Crippen LogP contribution in [0.2, 0.25) is 0 Å². The van der Waals surface area contributed by atoms with Crippen LogP contribution in [0.5, 0.6) is 0 Å². The molecule has 2 N–H and O–H groups in total. The van der Waals surface area contributed by atoms with Crippen LogP contribution in [-0.2, 0) is 14.8 Å². The molecular weight excluding hydrogens is 392 g/mol. The van der Waals surface area contributed by atoms with Crippen LogP contribution in [0.15, 0.2) is 64.0 Å². The Morgan fingerprint density at radius 1 is 1.00 bits per heavy atom. The lowest BCUT2D eigenvalue weighted by Crippen LogP contribution is -2.47. The van der Waals surface area contributed by atoms with Crippen LogP contribution < -0.4 is 10.0 Å². The summed E-state index contributed by atoms with van der Waals surface area (Å²) in [4.78, 5) is 12.6. The van der Waals surface area contributed by atoms with Crippen molar-refractivity contribution in [2.24, 2.45) is 5.92 Å². The number of sulfonamides is 1. The fourth-order valence-corrected chi connectivity index (χ4v) is 3.71. The van der Waals surface area contributed by atoms with E-state index in [1.165, 1.54) is 12.1 Å². The molecular formula is C17H19BrN2O3S. The van der Waals surface area contributed by atoms with Gasteiger partial charge in [0.1, 0.15) is 6.04 Å². The SMILES string of the molecule is CC(C)[C@H](NS(=O)(=O)c1ccccc1)C(=O)Nc1ccc(Br)cc1. The maximum absolute atomic E-state index is 12.5. The van der Waals surface area contributed by atoms with Gasteiger partial charge in [-0.15, -0.1) is 0 Å². The number of benzene rings is 2. The van der Waals surface area contributed by atoms with Crippen molar-refractivity contribution in [2.45, 2.75) is 24.8 Å². The number of carbonyl (C=O) groups is 1. The van der Waals surface area contributed by atoms with Crippen molar-refractivity contribution in [3.63, 3.8) is 0 Å². The summed E-state index contributed by atoms with van der Waals surface area (Å²) < 4.78 is 28.3. The molecule has 0 unspecified atom stereocenters. The lowest BCUT2D eigenvalue weighted by Gasteiger charge is -2.21. The molecule has 7 heteroatoms. The molecule has 2 aromatic rings. The van der Waals surface area contributed by atoms with E-state index in [0.29, 0.717) is 5.69 Å². The molecule has 1 amide bonds. The first-order valence-electron chi connectivity index (χ1n) is 7.43. The number of hydrogen-bond donors (Lipinski definition) is 2. The van der Waals surface area contributed by atoms with Crippen LogP contribution in [0.4, 0.5) is 5.69 Å². The van der Waals surface area contributed by atoms with E-state index in [-0.39, 0.29) is 10.8 Å². The number of rotatable bonds is 6. The molecule has 0 aliphatic heterocycles. The van der Waals surface area contributed by atoms with Gasteiger partial charge in [-0.05, 0) is 42.3 Å². The quantitative estimate of drug-likeness (QED) is 0.765. The Hall–Kier alpha value is -1.70. The summed E-state index contributed by atoms with van der Waals surface area (Å²) in [6.07, 6.45) is 0. The number of halogens is 1. The highest BCUT2D eigenvalue weighted by molar-refractivity contribution is 9.10. The van der Waals surface area contributed by atoms with Crippen LogP contribution in [0.25, 0.3) is 0 Å². The monoisotopic (exact) mass is 410 g/mol. The third-order valence-electron chi connectivity index (χ3n) is 3.40. The second-order valence-electron chi connectivity index (χ2n) is 5.65. The average Bonchev–Trinajstić information content (AvgIpc) is 2.55. The van der Waals surface area contributed by atoms with Crippen molar-refractivity contribution in [1.82, 2.24) is 4.72 Å². The van der Waals surface area contributed by atoms with Gasteiger partial charge in [-0.25, -0.2) is 8.42 Å². The molecule has 0 saturated heterocycles. The van der Waals surface area contributed by atoms with Gasteiger partial charge in [-0.3, -0.25) is 4.79 Å². The molecule has 0 saturated carbocycles. The Morgan fingerprint density at radius 3 is 2.12 bits per heavy atom. The first kappa shape index (κ1) is 18.6. The van der Waals surface area contributed by atoms with Crippen molar-refractivity contribution in [1.29, 1.82) is 0 Å². The Bertz CT molecular complexity index is 790. The Balaban J connectivity index is 2.17. The Morgan fingerprint density at radius 2 is 1.58 bits per heavy atom. The number of anilines is 1. The van der Waals surface area contributed by atoms with E-state index >= 15 is 0 Å².